The van der Waals surface area contributed by atoms with Gasteiger partial charge in [0.1, 0.15) is 0 Å². The van der Waals surface area contributed by atoms with E-state index in [2.05, 4.69) is 0 Å². The second-order valence-electron chi connectivity index (χ2n) is 7.62. The number of imide groups is 1. The lowest BCUT2D eigenvalue weighted by atomic mass is 10.1. The number of carbonyl (C=O) groups excluding carboxylic acids is 3. The van der Waals surface area contributed by atoms with Crippen molar-refractivity contribution < 1.29 is 24.2 Å². The molecule has 0 fully saturated rings. The maximum atomic E-state index is 13.6. The van der Waals surface area contributed by atoms with Crippen molar-refractivity contribution >= 4 is 87.1 Å². The maximum absolute atomic E-state index is 13.6. The quantitative estimate of drug-likeness (QED) is 0.0992. The van der Waals surface area contributed by atoms with Gasteiger partial charge in [0.05, 0.1) is 53.2 Å². The molecule has 16 heteroatoms. The number of non-ortho nitro benzene ring substituents is 1. The molecule has 0 spiro atoms. The van der Waals surface area contributed by atoms with E-state index in [0.29, 0.717) is 10.0 Å². The summed E-state index contributed by atoms with van der Waals surface area (Å²) in [6, 6.07) is 7.83. The summed E-state index contributed by atoms with van der Waals surface area (Å²) in [6.45, 7) is -0.675. The zero-order valence-corrected chi connectivity index (χ0v) is 22.1. The minimum Gasteiger partial charge on any atom is -0.267 e. The number of rotatable bonds is 6. The maximum Gasteiger partial charge on any atom is 0.282 e. The van der Waals surface area contributed by atoms with Gasteiger partial charge in [0.15, 0.2) is 0 Å². The first-order chi connectivity index (χ1) is 17.8. The number of amides is 3. The van der Waals surface area contributed by atoms with E-state index in [4.69, 9.17) is 58.0 Å². The number of nitrogens with zero attached hydrogens (tertiary/aromatic N) is 4. The Labute approximate surface area is 237 Å². The minimum atomic E-state index is -1.11. The van der Waals surface area contributed by atoms with E-state index in [-0.39, 0.29) is 31.9 Å². The molecule has 0 saturated carbocycles. The molecule has 1 aliphatic heterocycles. The largest absolute Gasteiger partial charge is 0.282 e. The molecule has 0 unspecified atom stereocenters. The third-order valence-electron chi connectivity index (χ3n) is 5.44. The first-order valence-corrected chi connectivity index (χ1v) is 12.0. The average Bonchev–Trinajstić information content (AvgIpc) is 3.14. The number of hydrazine groups is 1. The highest BCUT2D eigenvalue weighted by molar-refractivity contribution is 6.55. The summed E-state index contributed by atoms with van der Waals surface area (Å²) in [5.74, 6) is -3.23. The standard InChI is InChI=1S/C22H9Cl5N4O7/c23-11-4-1-10(13(7-11)31(37)38)8-28(20(32)9-2-5-12(6-3-9)30(35)36)29-21(33)14-15(22(29)34)17(25)19(27)18(26)16(14)24/h1-7H,8H2. The number of benzene rings is 3. The SMILES string of the molecule is O=C(c1ccc([N+](=O)[O-])cc1)N(Cc1ccc(Cl)cc1[N+](=O)[O-])N1C(=O)c2c(Cl)c(Cl)c(Cl)c(Cl)c2C1=O. The van der Waals surface area contributed by atoms with Crippen LogP contribution in [0, 0.1) is 20.2 Å². The van der Waals surface area contributed by atoms with Crippen molar-refractivity contribution in [2.75, 3.05) is 0 Å². The van der Waals surface area contributed by atoms with Crippen LogP contribution in [0.2, 0.25) is 25.1 Å². The molecule has 0 N–H and O–H groups in total. The van der Waals surface area contributed by atoms with Crippen LogP contribution in [0.15, 0.2) is 42.5 Å². The van der Waals surface area contributed by atoms with E-state index in [1.807, 2.05) is 0 Å². The lowest BCUT2D eigenvalue weighted by Gasteiger charge is -2.30. The van der Waals surface area contributed by atoms with Gasteiger partial charge in [-0.25, -0.2) is 5.01 Å². The lowest BCUT2D eigenvalue weighted by molar-refractivity contribution is -0.385. The molecule has 1 aliphatic rings. The Morgan fingerprint density at radius 1 is 0.789 bits per heavy atom. The van der Waals surface area contributed by atoms with Crippen LogP contribution in [0.3, 0.4) is 0 Å². The van der Waals surface area contributed by atoms with Gasteiger partial charge in [-0.1, -0.05) is 58.0 Å². The summed E-state index contributed by atoms with van der Waals surface area (Å²) >= 11 is 30.4. The van der Waals surface area contributed by atoms with Gasteiger partial charge in [-0.05, 0) is 24.3 Å². The van der Waals surface area contributed by atoms with Crippen molar-refractivity contribution in [3.05, 3.63) is 110 Å². The topological polar surface area (TPSA) is 144 Å². The number of nitro groups is 2. The Balaban J connectivity index is 1.88. The monoisotopic (exact) mass is 616 g/mol. The van der Waals surface area contributed by atoms with Crippen molar-refractivity contribution in [1.82, 2.24) is 10.0 Å². The molecule has 38 heavy (non-hydrogen) atoms. The molecule has 0 aromatic heterocycles. The molecule has 0 bridgehead atoms. The fourth-order valence-corrected chi connectivity index (χ4v) is 4.85. The first-order valence-electron chi connectivity index (χ1n) is 10.1. The van der Waals surface area contributed by atoms with Gasteiger partial charge in [-0.2, -0.15) is 5.01 Å². The number of hydrogen-bond acceptors (Lipinski definition) is 7. The fraction of sp³-hybridized carbons (Fsp3) is 0.0455. The Morgan fingerprint density at radius 2 is 1.32 bits per heavy atom. The summed E-state index contributed by atoms with van der Waals surface area (Å²) in [6.07, 6.45) is 0. The van der Waals surface area contributed by atoms with Crippen LogP contribution in [-0.4, -0.2) is 37.6 Å². The fourth-order valence-electron chi connectivity index (χ4n) is 3.67. The molecule has 1 heterocycles. The van der Waals surface area contributed by atoms with Gasteiger partial charge in [0, 0.05) is 28.8 Å². The average molecular weight is 619 g/mol. The Kier molecular flexibility index (Phi) is 7.51. The zero-order valence-electron chi connectivity index (χ0n) is 18.3. The summed E-state index contributed by atoms with van der Waals surface area (Å²) in [4.78, 5) is 61.7. The number of nitro benzene ring substituents is 2. The minimum absolute atomic E-state index is 0.0253. The third-order valence-corrected chi connectivity index (χ3v) is 7.48. The highest BCUT2D eigenvalue weighted by atomic mass is 35.5. The predicted octanol–water partition coefficient (Wildman–Crippen LogP) is 6.62. The Morgan fingerprint density at radius 3 is 1.79 bits per heavy atom. The van der Waals surface area contributed by atoms with E-state index in [9.17, 15) is 34.6 Å². The summed E-state index contributed by atoms with van der Waals surface area (Å²) in [5.41, 5.74) is -1.97. The zero-order chi connectivity index (χ0) is 28.0. The number of hydrogen-bond donors (Lipinski definition) is 0. The number of halogens is 5. The van der Waals surface area contributed by atoms with E-state index < -0.39 is 61.0 Å². The molecule has 0 atom stereocenters. The van der Waals surface area contributed by atoms with Gasteiger partial charge in [-0.15, -0.1) is 0 Å². The van der Waals surface area contributed by atoms with Crippen LogP contribution in [0.4, 0.5) is 11.4 Å². The van der Waals surface area contributed by atoms with E-state index >= 15 is 0 Å². The van der Waals surface area contributed by atoms with Gasteiger partial charge >= 0.3 is 0 Å². The van der Waals surface area contributed by atoms with Crippen LogP contribution in [0.1, 0.15) is 36.6 Å². The van der Waals surface area contributed by atoms with Gasteiger partial charge in [0.2, 0.25) is 0 Å². The van der Waals surface area contributed by atoms with E-state index in [1.54, 1.807) is 0 Å². The van der Waals surface area contributed by atoms with Crippen molar-refractivity contribution in [2.24, 2.45) is 0 Å². The van der Waals surface area contributed by atoms with Gasteiger partial charge in [0.25, 0.3) is 29.1 Å². The van der Waals surface area contributed by atoms with Gasteiger partial charge in [-0.3, -0.25) is 34.6 Å². The van der Waals surface area contributed by atoms with Crippen molar-refractivity contribution in [2.45, 2.75) is 6.54 Å². The Hall–Kier alpha value is -3.48. The smallest absolute Gasteiger partial charge is 0.267 e. The third kappa shape index (κ3) is 4.63. The van der Waals surface area contributed by atoms with Crippen LogP contribution < -0.4 is 0 Å². The second-order valence-corrected chi connectivity index (χ2v) is 9.57. The van der Waals surface area contributed by atoms with E-state index in [0.717, 1.165) is 30.3 Å². The predicted molar refractivity (Wildman–Crippen MR) is 138 cm³/mol. The molecule has 3 aromatic rings. The first kappa shape index (κ1) is 27.6. The highest BCUT2D eigenvalue weighted by Gasteiger charge is 2.46. The molecule has 4 rings (SSSR count). The van der Waals surface area contributed by atoms with Crippen molar-refractivity contribution in [1.29, 1.82) is 0 Å². The molecule has 11 nitrogen and oxygen atoms in total. The Bertz CT molecular complexity index is 1530. The number of carbonyl (C=O) groups is 3. The molecule has 0 saturated heterocycles. The summed E-state index contributed by atoms with van der Waals surface area (Å²) < 4.78 is 0. The molecular weight excluding hydrogens is 610 g/mol. The summed E-state index contributed by atoms with van der Waals surface area (Å²) in [5, 5.41) is 22.3. The molecule has 3 aromatic carbocycles. The van der Waals surface area contributed by atoms with Crippen molar-refractivity contribution in [3.8, 4) is 0 Å². The highest BCUT2D eigenvalue weighted by Crippen LogP contribution is 2.45. The molecule has 194 valence electrons. The lowest BCUT2D eigenvalue weighted by Crippen LogP contribution is -2.49. The van der Waals surface area contributed by atoms with Gasteiger partial charge < -0.3 is 0 Å². The number of fused-ring (bicyclic) bond motifs is 1. The summed E-state index contributed by atoms with van der Waals surface area (Å²) in [7, 11) is 0. The normalized spacial score (nSPS) is 12.5. The molecule has 0 radical (unpaired) electrons. The van der Waals surface area contributed by atoms with Crippen LogP contribution in [0.5, 0.6) is 0 Å². The van der Waals surface area contributed by atoms with Crippen LogP contribution in [-0.2, 0) is 6.54 Å². The van der Waals surface area contributed by atoms with E-state index in [1.165, 1.54) is 12.1 Å². The van der Waals surface area contributed by atoms with Crippen molar-refractivity contribution in [3.63, 3.8) is 0 Å². The second kappa shape index (κ2) is 10.4. The van der Waals surface area contributed by atoms with Crippen LogP contribution in [0.25, 0.3) is 0 Å². The molecular formula is C22H9Cl5N4O7. The molecule has 0 aliphatic carbocycles. The molecule has 3 amide bonds. The van der Waals surface area contributed by atoms with Crippen LogP contribution >= 0.6 is 58.0 Å².